The normalized spacial score (nSPS) is 10.6. The minimum atomic E-state index is -0.459. The molecule has 0 aliphatic heterocycles. The average molecular weight is 361 g/mol. The van der Waals surface area contributed by atoms with E-state index in [2.05, 4.69) is 21.0 Å². The van der Waals surface area contributed by atoms with E-state index >= 15 is 0 Å². The van der Waals surface area contributed by atoms with E-state index in [1.165, 1.54) is 35.3 Å². The molecule has 4 nitrogen and oxygen atoms in total. The Hall–Kier alpha value is -2.47. The van der Waals surface area contributed by atoms with Gasteiger partial charge < -0.3 is 5.11 Å². The van der Waals surface area contributed by atoms with Gasteiger partial charge in [0.1, 0.15) is 17.3 Å². The molecule has 0 saturated heterocycles. The van der Waals surface area contributed by atoms with Crippen LogP contribution in [0.3, 0.4) is 0 Å². The van der Waals surface area contributed by atoms with Gasteiger partial charge in [-0.25, -0.2) is 9.07 Å². The number of phenolic OH excluding ortho intramolecular Hbond substituents is 1. The van der Waals surface area contributed by atoms with Crippen molar-refractivity contribution in [3.05, 3.63) is 76.3 Å². The van der Waals surface area contributed by atoms with Crippen molar-refractivity contribution in [3.63, 3.8) is 0 Å². The maximum atomic E-state index is 13.9. The minimum Gasteiger partial charge on any atom is -0.507 e. The first-order valence-corrected chi connectivity index (χ1v) is 7.18. The van der Waals surface area contributed by atoms with Crippen molar-refractivity contribution in [1.29, 1.82) is 0 Å². The lowest BCUT2D eigenvalue weighted by molar-refractivity contribution is 0.103. The maximum Gasteiger partial charge on any atom is 0.199 e. The number of aromatic nitrogens is 2. The fourth-order valence-electron chi connectivity index (χ4n) is 2.06. The number of para-hydroxylation sites is 1. The Morgan fingerprint density at radius 2 is 2.00 bits per heavy atom. The van der Waals surface area contributed by atoms with Crippen molar-refractivity contribution in [2.45, 2.75) is 0 Å². The molecular formula is C16H10BrFN2O2. The number of ketones is 1. The Labute approximate surface area is 134 Å². The summed E-state index contributed by atoms with van der Waals surface area (Å²) in [5, 5.41) is 13.7. The molecule has 3 rings (SSSR count). The first kappa shape index (κ1) is 14.5. The molecule has 2 aromatic carbocycles. The van der Waals surface area contributed by atoms with Crippen LogP contribution in [0.4, 0.5) is 4.39 Å². The van der Waals surface area contributed by atoms with Crippen molar-refractivity contribution < 1.29 is 14.3 Å². The molecular weight excluding hydrogens is 351 g/mol. The molecule has 1 N–H and O–H groups in total. The molecule has 1 heterocycles. The molecule has 0 bridgehead atoms. The van der Waals surface area contributed by atoms with E-state index in [1.54, 1.807) is 24.3 Å². The molecule has 1 aromatic heterocycles. The van der Waals surface area contributed by atoms with E-state index in [0.29, 0.717) is 4.47 Å². The van der Waals surface area contributed by atoms with Gasteiger partial charge in [-0.15, -0.1) is 0 Å². The number of hydrogen-bond acceptors (Lipinski definition) is 3. The third kappa shape index (κ3) is 2.65. The number of aromatic hydroxyl groups is 1. The second kappa shape index (κ2) is 5.73. The summed E-state index contributed by atoms with van der Waals surface area (Å²) in [7, 11) is 0. The lowest BCUT2D eigenvalue weighted by atomic mass is 10.1. The number of benzene rings is 2. The van der Waals surface area contributed by atoms with E-state index in [-0.39, 0.29) is 28.3 Å². The topological polar surface area (TPSA) is 55.1 Å². The second-order valence-corrected chi connectivity index (χ2v) is 5.53. The number of halogens is 2. The lowest BCUT2D eigenvalue weighted by Crippen LogP contribution is -2.01. The number of hydrogen-bond donors (Lipinski definition) is 1. The highest BCUT2D eigenvalue weighted by molar-refractivity contribution is 9.10. The fraction of sp³-hybridized carbons (Fsp3) is 0. The highest BCUT2D eigenvalue weighted by Crippen LogP contribution is 2.22. The first-order valence-electron chi connectivity index (χ1n) is 6.39. The maximum absolute atomic E-state index is 13.9. The van der Waals surface area contributed by atoms with Crippen molar-refractivity contribution in [1.82, 2.24) is 9.78 Å². The van der Waals surface area contributed by atoms with Gasteiger partial charge in [0.25, 0.3) is 0 Å². The quantitative estimate of drug-likeness (QED) is 0.724. The Morgan fingerprint density at radius 1 is 1.23 bits per heavy atom. The zero-order chi connectivity index (χ0) is 15.7. The summed E-state index contributed by atoms with van der Waals surface area (Å²) in [5.41, 5.74) is 0.682. The standard InChI is InChI=1S/C16H10BrFN2O2/c17-11-5-6-14(13(18)7-11)20-9-10(8-19-20)16(22)12-3-1-2-4-15(12)21/h1-9,21H. The van der Waals surface area contributed by atoms with E-state index in [4.69, 9.17) is 0 Å². The summed E-state index contributed by atoms with van der Waals surface area (Å²) in [6.07, 6.45) is 2.78. The van der Waals surface area contributed by atoms with Gasteiger partial charge in [0.15, 0.2) is 5.78 Å². The predicted octanol–water partition coefficient (Wildman–Crippen LogP) is 3.71. The Kier molecular flexibility index (Phi) is 3.77. The van der Waals surface area contributed by atoms with Crippen LogP contribution in [0.2, 0.25) is 0 Å². The van der Waals surface area contributed by atoms with Gasteiger partial charge in [-0.2, -0.15) is 5.10 Å². The van der Waals surface area contributed by atoms with Crippen LogP contribution in [0.5, 0.6) is 5.75 Å². The van der Waals surface area contributed by atoms with Crippen molar-refractivity contribution in [3.8, 4) is 11.4 Å². The molecule has 0 amide bonds. The van der Waals surface area contributed by atoms with E-state index in [0.717, 1.165) is 0 Å². The van der Waals surface area contributed by atoms with Crippen LogP contribution in [0.15, 0.2) is 59.3 Å². The molecule has 6 heteroatoms. The van der Waals surface area contributed by atoms with Crippen LogP contribution < -0.4 is 0 Å². The molecule has 3 aromatic rings. The largest absolute Gasteiger partial charge is 0.507 e. The van der Waals surface area contributed by atoms with Crippen molar-refractivity contribution in [2.75, 3.05) is 0 Å². The predicted molar refractivity (Wildman–Crippen MR) is 82.8 cm³/mol. The summed E-state index contributed by atoms with van der Waals surface area (Å²) in [6, 6.07) is 10.8. The Morgan fingerprint density at radius 3 is 2.73 bits per heavy atom. The highest BCUT2D eigenvalue weighted by Gasteiger charge is 2.16. The average Bonchev–Trinajstić information content (AvgIpc) is 2.96. The summed E-state index contributed by atoms with van der Waals surface area (Å²) in [6.45, 7) is 0. The molecule has 0 aliphatic rings. The summed E-state index contributed by atoms with van der Waals surface area (Å²) in [5.74, 6) is -0.934. The molecule has 0 radical (unpaired) electrons. The number of phenols is 1. The lowest BCUT2D eigenvalue weighted by Gasteiger charge is -2.03. The smallest absolute Gasteiger partial charge is 0.199 e. The summed E-state index contributed by atoms with van der Waals surface area (Å²) < 4.78 is 15.8. The van der Waals surface area contributed by atoms with E-state index in [1.807, 2.05) is 0 Å². The third-order valence-corrected chi connectivity index (χ3v) is 3.64. The number of carbonyl (C=O) groups is 1. The zero-order valence-corrected chi connectivity index (χ0v) is 12.8. The van der Waals surface area contributed by atoms with Crippen LogP contribution in [0, 0.1) is 5.82 Å². The molecule has 0 atom stereocenters. The van der Waals surface area contributed by atoms with Crippen LogP contribution in [-0.2, 0) is 0 Å². The third-order valence-electron chi connectivity index (χ3n) is 3.15. The highest BCUT2D eigenvalue weighted by atomic mass is 79.9. The van der Waals surface area contributed by atoms with Crippen LogP contribution in [0.1, 0.15) is 15.9 Å². The van der Waals surface area contributed by atoms with E-state index in [9.17, 15) is 14.3 Å². The fourth-order valence-corrected chi connectivity index (χ4v) is 2.39. The zero-order valence-electron chi connectivity index (χ0n) is 11.2. The van der Waals surface area contributed by atoms with Crippen molar-refractivity contribution in [2.24, 2.45) is 0 Å². The first-order chi connectivity index (χ1) is 10.6. The Bertz CT molecular complexity index is 861. The van der Waals surface area contributed by atoms with Gasteiger partial charge in [-0.05, 0) is 30.3 Å². The summed E-state index contributed by atoms with van der Waals surface area (Å²) in [4.78, 5) is 12.3. The molecule has 0 unspecified atom stereocenters. The molecule has 0 saturated carbocycles. The van der Waals surface area contributed by atoms with Gasteiger partial charge in [0, 0.05) is 10.7 Å². The number of carbonyl (C=O) groups excluding carboxylic acids is 1. The van der Waals surface area contributed by atoms with Gasteiger partial charge in [-0.1, -0.05) is 28.1 Å². The molecule has 0 fully saturated rings. The minimum absolute atomic E-state index is 0.102. The van der Waals surface area contributed by atoms with Gasteiger partial charge >= 0.3 is 0 Å². The number of nitrogens with zero attached hydrogens (tertiary/aromatic N) is 2. The molecule has 22 heavy (non-hydrogen) atoms. The van der Waals surface area contributed by atoms with Crippen LogP contribution >= 0.6 is 15.9 Å². The SMILES string of the molecule is O=C(c1cnn(-c2ccc(Br)cc2F)c1)c1ccccc1O. The monoisotopic (exact) mass is 360 g/mol. The Balaban J connectivity index is 1.97. The van der Waals surface area contributed by atoms with Gasteiger partial charge in [-0.3, -0.25) is 4.79 Å². The summed E-state index contributed by atoms with van der Waals surface area (Å²) >= 11 is 3.18. The van der Waals surface area contributed by atoms with Gasteiger partial charge in [0.05, 0.1) is 17.3 Å². The van der Waals surface area contributed by atoms with Gasteiger partial charge in [0.2, 0.25) is 0 Å². The second-order valence-electron chi connectivity index (χ2n) is 4.62. The van der Waals surface area contributed by atoms with Crippen molar-refractivity contribution >= 4 is 21.7 Å². The van der Waals surface area contributed by atoms with E-state index < -0.39 is 5.82 Å². The molecule has 110 valence electrons. The van der Waals surface area contributed by atoms with Crippen LogP contribution in [0.25, 0.3) is 5.69 Å². The van der Waals surface area contributed by atoms with Crippen LogP contribution in [-0.4, -0.2) is 20.7 Å². The molecule has 0 aliphatic carbocycles. The number of rotatable bonds is 3. The molecule has 0 spiro atoms.